The van der Waals surface area contributed by atoms with Gasteiger partial charge in [0.05, 0.1) is 16.9 Å². The van der Waals surface area contributed by atoms with E-state index in [0.29, 0.717) is 11.3 Å². The van der Waals surface area contributed by atoms with Crippen LogP contribution in [0.2, 0.25) is 0 Å². The average Bonchev–Trinajstić information content (AvgIpc) is 2.41. The van der Waals surface area contributed by atoms with Crippen LogP contribution in [0.1, 0.15) is 11.1 Å². The molecule has 20 heavy (non-hydrogen) atoms. The molecule has 0 unspecified atom stereocenters. The van der Waals surface area contributed by atoms with Gasteiger partial charge in [-0.15, -0.1) is 0 Å². The van der Waals surface area contributed by atoms with E-state index < -0.39 is 9.84 Å². The Balaban J connectivity index is 2.54. The molecule has 106 valence electrons. The predicted octanol–water partition coefficient (Wildman–Crippen LogP) is 2.85. The van der Waals surface area contributed by atoms with Crippen LogP contribution < -0.4 is 4.74 Å². The van der Waals surface area contributed by atoms with Gasteiger partial charge in [-0.25, -0.2) is 8.42 Å². The van der Waals surface area contributed by atoms with Gasteiger partial charge in [-0.3, -0.25) is 0 Å². The number of phenolic OH excluding ortho intramolecular Hbond substituents is 1. The number of methoxy groups -OCH3 is 1. The maximum absolute atomic E-state index is 12.5. The molecule has 0 bridgehead atoms. The highest BCUT2D eigenvalue weighted by atomic mass is 32.2. The second kappa shape index (κ2) is 5.17. The molecule has 2 aromatic carbocycles. The molecular weight excluding hydrogens is 276 g/mol. The van der Waals surface area contributed by atoms with Crippen LogP contribution in [0.3, 0.4) is 0 Å². The van der Waals surface area contributed by atoms with Crippen molar-refractivity contribution in [2.45, 2.75) is 23.6 Å². The van der Waals surface area contributed by atoms with E-state index in [1.807, 2.05) is 0 Å². The van der Waals surface area contributed by atoms with Crippen molar-refractivity contribution in [3.8, 4) is 11.5 Å². The molecule has 5 heteroatoms. The van der Waals surface area contributed by atoms with Crippen molar-refractivity contribution >= 4 is 9.84 Å². The average molecular weight is 292 g/mol. The predicted molar refractivity (Wildman–Crippen MR) is 76.0 cm³/mol. The SMILES string of the molecule is COc1ccc(S(=O)(=O)c2ccc(O)c(C)c2)cc1C. The fourth-order valence-corrected chi connectivity index (χ4v) is 3.38. The molecule has 2 rings (SSSR count). The standard InChI is InChI=1S/C15H16O4S/c1-10-8-12(4-6-14(10)16)20(17,18)13-5-7-15(19-3)11(2)9-13/h4-9,16H,1-3H3. The Morgan fingerprint density at radius 3 is 2.00 bits per heavy atom. The molecule has 0 aliphatic heterocycles. The lowest BCUT2D eigenvalue weighted by Crippen LogP contribution is -2.03. The van der Waals surface area contributed by atoms with Gasteiger partial charge in [-0.05, 0) is 61.4 Å². The van der Waals surface area contributed by atoms with Gasteiger partial charge in [0, 0.05) is 0 Å². The molecule has 0 heterocycles. The van der Waals surface area contributed by atoms with Crippen LogP contribution in [0.15, 0.2) is 46.2 Å². The maximum atomic E-state index is 12.5. The summed E-state index contributed by atoms with van der Waals surface area (Å²) < 4.78 is 30.2. The fourth-order valence-electron chi connectivity index (χ4n) is 1.95. The Labute approximate surface area is 118 Å². The lowest BCUT2D eigenvalue weighted by molar-refractivity contribution is 0.411. The Kier molecular flexibility index (Phi) is 3.72. The number of aromatic hydroxyl groups is 1. The lowest BCUT2D eigenvalue weighted by Gasteiger charge is -2.09. The first-order valence-electron chi connectivity index (χ1n) is 6.05. The molecule has 0 aliphatic rings. The molecule has 2 aromatic rings. The van der Waals surface area contributed by atoms with Gasteiger partial charge in [0.2, 0.25) is 9.84 Å². The summed E-state index contributed by atoms with van der Waals surface area (Å²) in [6.45, 7) is 3.45. The van der Waals surface area contributed by atoms with Crippen molar-refractivity contribution in [1.29, 1.82) is 0 Å². The molecule has 0 amide bonds. The van der Waals surface area contributed by atoms with Gasteiger partial charge in [0.1, 0.15) is 11.5 Å². The first-order valence-corrected chi connectivity index (χ1v) is 7.54. The summed E-state index contributed by atoms with van der Waals surface area (Å²) in [6.07, 6.45) is 0. The van der Waals surface area contributed by atoms with E-state index in [2.05, 4.69) is 0 Å². The van der Waals surface area contributed by atoms with E-state index in [9.17, 15) is 13.5 Å². The van der Waals surface area contributed by atoms with Gasteiger partial charge in [-0.2, -0.15) is 0 Å². The highest BCUT2D eigenvalue weighted by Crippen LogP contribution is 2.28. The van der Waals surface area contributed by atoms with E-state index in [-0.39, 0.29) is 15.5 Å². The third-order valence-corrected chi connectivity index (χ3v) is 4.90. The molecule has 0 atom stereocenters. The summed E-state index contributed by atoms with van der Waals surface area (Å²) in [7, 11) is -2.05. The number of benzene rings is 2. The molecule has 0 radical (unpaired) electrons. The summed E-state index contributed by atoms with van der Waals surface area (Å²) in [5.74, 6) is 0.723. The second-order valence-electron chi connectivity index (χ2n) is 4.58. The number of phenols is 1. The summed E-state index contributed by atoms with van der Waals surface area (Å²) in [4.78, 5) is 0.373. The molecule has 0 fully saturated rings. The van der Waals surface area contributed by atoms with Gasteiger partial charge in [-0.1, -0.05) is 0 Å². The Hall–Kier alpha value is -2.01. The minimum Gasteiger partial charge on any atom is -0.508 e. The molecule has 0 spiro atoms. The lowest BCUT2D eigenvalue weighted by atomic mass is 10.2. The van der Waals surface area contributed by atoms with E-state index in [1.165, 1.54) is 24.3 Å². The van der Waals surface area contributed by atoms with E-state index >= 15 is 0 Å². The van der Waals surface area contributed by atoms with Crippen LogP contribution in [0, 0.1) is 13.8 Å². The molecule has 4 nitrogen and oxygen atoms in total. The van der Waals surface area contributed by atoms with Crippen LogP contribution in [0.4, 0.5) is 0 Å². The van der Waals surface area contributed by atoms with Crippen molar-refractivity contribution in [1.82, 2.24) is 0 Å². The van der Waals surface area contributed by atoms with Gasteiger partial charge in [0.15, 0.2) is 0 Å². The highest BCUT2D eigenvalue weighted by Gasteiger charge is 2.19. The van der Waals surface area contributed by atoms with E-state index in [1.54, 1.807) is 33.1 Å². The van der Waals surface area contributed by atoms with Gasteiger partial charge < -0.3 is 9.84 Å². The summed E-state index contributed by atoms with van der Waals surface area (Å²) >= 11 is 0. The van der Waals surface area contributed by atoms with E-state index in [0.717, 1.165) is 5.56 Å². The first-order chi connectivity index (χ1) is 9.36. The topological polar surface area (TPSA) is 63.6 Å². The highest BCUT2D eigenvalue weighted by molar-refractivity contribution is 7.91. The molecule has 1 N–H and O–H groups in total. The molecule has 0 saturated heterocycles. The molecule has 0 aromatic heterocycles. The number of rotatable bonds is 3. The van der Waals surface area contributed by atoms with Gasteiger partial charge in [0.25, 0.3) is 0 Å². The van der Waals surface area contributed by atoms with Crippen molar-refractivity contribution in [3.05, 3.63) is 47.5 Å². The normalized spacial score (nSPS) is 11.3. The third-order valence-electron chi connectivity index (χ3n) is 3.16. The molecule has 0 saturated carbocycles. The smallest absolute Gasteiger partial charge is 0.206 e. The van der Waals surface area contributed by atoms with Crippen molar-refractivity contribution in [2.75, 3.05) is 7.11 Å². The largest absolute Gasteiger partial charge is 0.508 e. The van der Waals surface area contributed by atoms with Crippen molar-refractivity contribution in [2.24, 2.45) is 0 Å². The second-order valence-corrected chi connectivity index (χ2v) is 6.53. The van der Waals surface area contributed by atoms with Crippen molar-refractivity contribution in [3.63, 3.8) is 0 Å². The first kappa shape index (κ1) is 14.4. The summed E-state index contributed by atoms with van der Waals surface area (Å²) in [6, 6.07) is 8.98. The zero-order chi connectivity index (χ0) is 14.9. The Bertz CT molecular complexity index is 748. The Morgan fingerprint density at radius 2 is 1.50 bits per heavy atom. The van der Waals surface area contributed by atoms with Crippen LogP contribution in [0.5, 0.6) is 11.5 Å². The number of hydrogen-bond acceptors (Lipinski definition) is 4. The summed E-state index contributed by atoms with van der Waals surface area (Å²) in [5, 5.41) is 9.48. The number of sulfone groups is 1. The zero-order valence-corrected chi connectivity index (χ0v) is 12.4. The van der Waals surface area contributed by atoms with Crippen LogP contribution in [0.25, 0.3) is 0 Å². The van der Waals surface area contributed by atoms with Crippen LogP contribution in [-0.2, 0) is 9.84 Å². The minimum atomic E-state index is -3.59. The minimum absolute atomic E-state index is 0.0786. The quantitative estimate of drug-likeness (QED) is 0.945. The number of ether oxygens (including phenoxy) is 1. The van der Waals surface area contributed by atoms with E-state index in [4.69, 9.17) is 4.74 Å². The summed E-state index contributed by atoms with van der Waals surface area (Å²) in [5.41, 5.74) is 1.28. The zero-order valence-electron chi connectivity index (χ0n) is 11.5. The maximum Gasteiger partial charge on any atom is 0.206 e. The molecule has 0 aliphatic carbocycles. The monoisotopic (exact) mass is 292 g/mol. The van der Waals surface area contributed by atoms with Crippen LogP contribution >= 0.6 is 0 Å². The van der Waals surface area contributed by atoms with Gasteiger partial charge >= 0.3 is 0 Å². The fraction of sp³-hybridized carbons (Fsp3) is 0.200. The number of aryl methyl sites for hydroxylation is 2. The third kappa shape index (κ3) is 2.49. The molecular formula is C15H16O4S. The Morgan fingerprint density at radius 1 is 0.950 bits per heavy atom. The van der Waals surface area contributed by atoms with Crippen molar-refractivity contribution < 1.29 is 18.3 Å². The number of hydrogen-bond donors (Lipinski definition) is 1. The van der Waals surface area contributed by atoms with Crippen LogP contribution in [-0.4, -0.2) is 20.6 Å².